The topological polar surface area (TPSA) is 51.8 Å². The minimum absolute atomic E-state index is 0.528. The summed E-state index contributed by atoms with van der Waals surface area (Å²) >= 11 is 0. The van der Waals surface area contributed by atoms with Gasteiger partial charge in [-0.1, -0.05) is 25.5 Å². The highest BCUT2D eigenvalue weighted by molar-refractivity contribution is 5.56. The summed E-state index contributed by atoms with van der Waals surface area (Å²) in [7, 11) is 0. The second-order valence-electron chi connectivity index (χ2n) is 3.71. The van der Waals surface area contributed by atoms with Gasteiger partial charge in [-0.3, -0.25) is 4.98 Å². The number of hydrogen-bond donors (Lipinski definition) is 1. The molecule has 0 aliphatic heterocycles. The first-order valence-corrected chi connectivity index (χ1v) is 5.48. The van der Waals surface area contributed by atoms with E-state index in [2.05, 4.69) is 16.9 Å². The molecule has 0 unspecified atom stereocenters. The molecule has 0 spiro atoms. The van der Waals surface area contributed by atoms with Crippen molar-refractivity contribution in [3.63, 3.8) is 0 Å². The Kier molecular flexibility index (Phi) is 3.15. The van der Waals surface area contributed by atoms with Crippen molar-refractivity contribution < 1.29 is 0 Å². The number of nitrogens with two attached hydrogens (primary N) is 1. The number of nitrogens with zero attached hydrogens (tertiary/aromatic N) is 2. The minimum Gasteiger partial charge on any atom is -0.384 e. The molecular weight excluding hydrogens is 198 g/mol. The summed E-state index contributed by atoms with van der Waals surface area (Å²) in [5, 5.41) is 0. The molecule has 82 valence electrons. The fourth-order valence-electron chi connectivity index (χ4n) is 1.61. The molecule has 2 N–H and O–H groups in total. The number of rotatable bonds is 3. The van der Waals surface area contributed by atoms with Crippen molar-refractivity contribution in [3.05, 3.63) is 42.1 Å². The van der Waals surface area contributed by atoms with Crippen LogP contribution in [0.5, 0.6) is 0 Å². The first-order chi connectivity index (χ1) is 7.79. The molecule has 0 amide bonds. The summed E-state index contributed by atoms with van der Waals surface area (Å²) in [6.45, 7) is 2.15. The van der Waals surface area contributed by atoms with E-state index in [1.54, 1.807) is 6.07 Å². The second-order valence-corrected chi connectivity index (χ2v) is 3.71. The zero-order chi connectivity index (χ0) is 11.4. The van der Waals surface area contributed by atoms with Crippen LogP contribution < -0.4 is 5.73 Å². The van der Waals surface area contributed by atoms with Crippen LogP contribution in [0.4, 0.5) is 5.82 Å². The molecule has 0 aromatic carbocycles. The molecule has 2 aromatic heterocycles. The van der Waals surface area contributed by atoms with Gasteiger partial charge in [0.25, 0.3) is 0 Å². The molecule has 0 bridgehead atoms. The second kappa shape index (κ2) is 4.75. The van der Waals surface area contributed by atoms with E-state index >= 15 is 0 Å². The van der Waals surface area contributed by atoms with E-state index < -0.39 is 0 Å². The predicted octanol–water partition coefficient (Wildman–Crippen LogP) is 2.68. The maximum atomic E-state index is 5.65. The van der Waals surface area contributed by atoms with Gasteiger partial charge >= 0.3 is 0 Å². The Balaban J connectivity index is 2.36. The summed E-state index contributed by atoms with van der Waals surface area (Å²) in [4.78, 5) is 8.82. The molecule has 2 rings (SSSR count). The molecule has 0 fully saturated rings. The van der Waals surface area contributed by atoms with Gasteiger partial charge < -0.3 is 5.73 Å². The molecule has 2 aromatic rings. The standard InChI is InChI=1S/C13H15N3/c1-2-5-10-6-3-7-11(15-10)12-8-4-9-13(14)16-12/h3-4,6-9H,2,5H2,1H3,(H2,14,16). The number of pyridine rings is 2. The summed E-state index contributed by atoms with van der Waals surface area (Å²) in [6.07, 6.45) is 2.09. The smallest absolute Gasteiger partial charge is 0.124 e. The summed E-state index contributed by atoms with van der Waals surface area (Å²) in [5.74, 6) is 0.528. The van der Waals surface area contributed by atoms with Crippen molar-refractivity contribution in [1.82, 2.24) is 9.97 Å². The lowest BCUT2D eigenvalue weighted by atomic mass is 10.2. The Bertz CT molecular complexity index is 480. The van der Waals surface area contributed by atoms with Gasteiger partial charge in [0.1, 0.15) is 5.82 Å². The predicted molar refractivity (Wildman–Crippen MR) is 65.9 cm³/mol. The average Bonchev–Trinajstić information content (AvgIpc) is 2.30. The molecule has 0 radical (unpaired) electrons. The van der Waals surface area contributed by atoms with Crippen molar-refractivity contribution in [3.8, 4) is 11.4 Å². The fourth-order valence-corrected chi connectivity index (χ4v) is 1.61. The van der Waals surface area contributed by atoms with Gasteiger partial charge in [-0.25, -0.2) is 4.98 Å². The van der Waals surface area contributed by atoms with Crippen LogP contribution in [0.25, 0.3) is 11.4 Å². The van der Waals surface area contributed by atoms with Crippen LogP contribution in [0.15, 0.2) is 36.4 Å². The normalized spacial score (nSPS) is 10.3. The van der Waals surface area contributed by atoms with Gasteiger partial charge in [0.2, 0.25) is 0 Å². The van der Waals surface area contributed by atoms with Gasteiger partial charge in [-0.15, -0.1) is 0 Å². The molecule has 3 heteroatoms. The third kappa shape index (κ3) is 2.37. The van der Waals surface area contributed by atoms with Crippen LogP contribution >= 0.6 is 0 Å². The molecule has 16 heavy (non-hydrogen) atoms. The van der Waals surface area contributed by atoms with E-state index in [0.29, 0.717) is 5.82 Å². The van der Waals surface area contributed by atoms with Crippen LogP contribution in [0.2, 0.25) is 0 Å². The highest BCUT2D eigenvalue weighted by atomic mass is 14.9. The zero-order valence-corrected chi connectivity index (χ0v) is 9.35. The number of hydrogen-bond acceptors (Lipinski definition) is 3. The molecule has 0 atom stereocenters. The number of anilines is 1. The molecule has 0 aliphatic rings. The summed E-state index contributed by atoms with van der Waals surface area (Å²) in [6, 6.07) is 11.6. The lowest BCUT2D eigenvalue weighted by Gasteiger charge is -2.03. The SMILES string of the molecule is CCCc1cccc(-c2cccc(N)n2)n1. The highest BCUT2D eigenvalue weighted by Crippen LogP contribution is 2.16. The first-order valence-electron chi connectivity index (χ1n) is 5.48. The van der Waals surface area contributed by atoms with Crippen molar-refractivity contribution in [1.29, 1.82) is 0 Å². The van der Waals surface area contributed by atoms with Crippen LogP contribution in [0, 0.1) is 0 Å². The molecular formula is C13H15N3. The van der Waals surface area contributed by atoms with E-state index in [4.69, 9.17) is 5.73 Å². The third-order valence-electron chi connectivity index (χ3n) is 2.35. The van der Waals surface area contributed by atoms with Gasteiger partial charge in [0.05, 0.1) is 11.4 Å². The van der Waals surface area contributed by atoms with Crippen LogP contribution in [0.3, 0.4) is 0 Å². The van der Waals surface area contributed by atoms with Crippen molar-refractivity contribution in [2.45, 2.75) is 19.8 Å². The van der Waals surface area contributed by atoms with Crippen LogP contribution in [0.1, 0.15) is 19.0 Å². The van der Waals surface area contributed by atoms with Gasteiger partial charge in [-0.2, -0.15) is 0 Å². The lowest BCUT2D eigenvalue weighted by Crippen LogP contribution is -1.95. The number of aromatic nitrogens is 2. The Morgan fingerprint density at radius 3 is 2.38 bits per heavy atom. The molecule has 0 saturated heterocycles. The maximum Gasteiger partial charge on any atom is 0.124 e. The number of aryl methyl sites for hydroxylation is 1. The monoisotopic (exact) mass is 213 g/mol. The zero-order valence-electron chi connectivity index (χ0n) is 9.35. The van der Waals surface area contributed by atoms with Crippen molar-refractivity contribution in [2.75, 3.05) is 5.73 Å². The van der Waals surface area contributed by atoms with E-state index in [1.807, 2.05) is 30.3 Å². The summed E-state index contributed by atoms with van der Waals surface area (Å²) < 4.78 is 0. The molecule has 0 aliphatic carbocycles. The van der Waals surface area contributed by atoms with E-state index in [0.717, 1.165) is 29.9 Å². The average molecular weight is 213 g/mol. The van der Waals surface area contributed by atoms with Crippen LogP contribution in [-0.4, -0.2) is 9.97 Å². The summed E-state index contributed by atoms with van der Waals surface area (Å²) in [5.41, 5.74) is 8.47. The fraction of sp³-hybridized carbons (Fsp3) is 0.231. The van der Waals surface area contributed by atoms with E-state index in [1.165, 1.54) is 0 Å². The van der Waals surface area contributed by atoms with Crippen LogP contribution in [-0.2, 0) is 6.42 Å². The minimum atomic E-state index is 0.528. The lowest BCUT2D eigenvalue weighted by molar-refractivity contribution is 0.883. The molecule has 2 heterocycles. The van der Waals surface area contributed by atoms with E-state index in [9.17, 15) is 0 Å². The van der Waals surface area contributed by atoms with Crippen molar-refractivity contribution in [2.24, 2.45) is 0 Å². The van der Waals surface area contributed by atoms with Crippen molar-refractivity contribution >= 4 is 5.82 Å². The van der Waals surface area contributed by atoms with E-state index in [-0.39, 0.29) is 0 Å². The van der Waals surface area contributed by atoms with Gasteiger partial charge in [-0.05, 0) is 30.7 Å². The Morgan fingerprint density at radius 1 is 1.00 bits per heavy atom. The Hall–Kier alpha value is -1.90. The molecule has 3 nitrogen and oxygen atoms in total. The quantitative estimate of drug-likeness (QED) is 0.852. The molecule has 0 saturated carbocycles. The number of nitrogen functional groups attached to an aromatic ring is 1. The van der Waals surface area contributed by atoms with Gasteiger partial charge in [0, 0.05) is 5.69 Å². The largest absolute Gasteiger partial charge is 0.384 e. The third-order valence-corrected chi connectivity index (χ3v) is 2.35. The Labute approximate surface area is 95.4 Å². The highest BCUT2D eigenvalue weighted by Gasteiger charge is 2.02. The van der Waals surface area contributed by atoms with Gasteiger partial charge in [0.15, 0.2) is 0 Å². The first kappa shape index (κ1) is 10.6. The maximum absolute atomic E-state index is 5.65. The Morgan fingerprint density at radius 2 is 1.69 bits per heavy atom.